The number of benzene rings is 1. The highest BCUT2D eigenvalue weighted by molar-refractivity contribution is 6.30. The van der Waals surface area contributed by atoms with Gasteiger partial charge in [-0.3, -0.25) is 14.9 Å². The first-order valence-electron chi connectivity index (χ1n) is 5.18. The summed E-state index contributed by atoms with van der Waals surface area (Å²) in [5.41, 5.74) is 0.196. The first kappa shape index (κ1) is 14.0. The zero-order chi connectivity index (χ0) is 13.5. The van der Waals surface area contributed by atoms with Gasteiger partial charge in [-0.05, 0) is 12.1 Å². The van der Waals surface area contributed by atoms with Gasteiger partial charge in [0.15, 0.2) is 0 Å². The molecule has 0 bridgehead atoms. The highest BCUT2D eigenvalue weighted by atomic mass is 35.5. The Morgan fingerprint density at radius 2 is 2.28 bits per heavy atom. The normalized spacial score (nSPS) is 9.22. The summed E-state index contributed by atoms with van der Waals surface area (Å²) in [6, 6.07) is 4.32. The molecular formula is C12H11ClN2O3. The van der Waals surface area contributed by atoms with Crippen LogP contribution in [0.3, 0.4) is 0 Å². The van der Waals surface area contributed by atoms with E-state index in [0.29, 0.717) is 23.6 Å². The van der Waals surface area contributed by atoms with E-state index in [1.807, 2.05) is 0 Å². The van der Waals surface area contributed by atoms with E-state index in [1.54, 1.807) is 6.07 Å². The lowest BCUT2D eigenvalue weighted by Gasteiger charge is -1.97. The van der Waals surface area contributed by atoms with Crippen LogP contribution in [0.25, 0.3) is 0 Å². The van der Waals surface area contributed by atoms with Gasteiger partial charge >= 0.3 is 0 Å². The minimum atomic E-state index is -0.524. The molecule has 5 nitrogen and oxygen atoms in total. The monoisotopic (exact) mass is 266 g/mol. The van der Waals surface area contributed by atoms with Gasteiger partial charge in [-0.15, -0.1) is 0 Å². The van der Waals surface area contributed by atoms with Crippen LogP contribution in [0.2, 0.25) is 5.02 Å². The van der Waals surface area contributed by atoms with Crippen LogP contribution in [0, 0.1) is 22.0 Å². The van der Waals surface area contributed by atoms with Crippen molar-refractivity contribution in [2.24, 2.45) is 0 Å². The molecule has 1 rings (SSSR count). The van der Waals surface area contributed by atoms with Crippen molar-refractivity contribution < 1.29 is 9.72 Å². The van der Waals surface area contributed by atoms with Crippen LogP contribution >= 0.6 is 11.6 Å². The van der Waals surface area contributed by atoms with E-state index in [1.165, 1.54) is 19.1 Å². The van der Waals surface area contributed by atoms with Gasteiger partial charge in [-0.2, -0.15) is 0 Å². The van der Waals surface area contributed by atoms with Gasteiger partial charge < -0.3 is 5.32 Å². The van der Waals surface area contributed by atoms with Crippen molar-refractivity contribution in [3.63, 3.8) is 0 Å². The van der Waals surface area contributed by atoms with E-state index >= 15 is 0 Å². The summed E-state index contributed by atoms with van der Waals surface area (Å²) in [6.07, 6.45) is 0.430. The molecule has 0 unspecified atom stereocenters. The lowest BCUT2D eigenvalue weighted by Crippen LogP contribution is -2.20. The van der Waals surface area contributed by atoms with E-state index in [2.05, 4.69) is 17.2 Å². The quantitative estimate of drug-likeness (QED) is 0.394. The number of nitrogens with zero attached hydrogens (tertiary/aromatic N) is 1. The molecule has 94 valence electrons. The molecule has 0 radical (unpaired) electrons. The molecular weight excluding hydrogens is 256 g/mol. The number of nitro groups is 1. The molecule has 0 aromatic heterocycles. The van der Waals surface area contributed by atoms with E-state index in [9.17, 15) is 14.9 Å². The fourth-order valence-corrected chi connectivity index (χ4v) is 1.39. The van der Waals surface area contributed by atoms with Crippen molar-refractivity contribution in [3.8, 4) is 11.8 Å². The van der Waals surface area contributed by atoms with Crippen molar-refractivity contribution in [1.82, 2.24) is 5.32 Å². The molecule has 1 N–H and O–H groups in total. The molecule has 0 saturated carbocycles. The van der Waals surface area contributed by atoms with Gasteiger partial charge in [0.25, 0.3) is 5.69 Å². The molecule has 0 saturated heterocycles. The molecule has 1 amide bonds. The highest BCUT2D eigenvalue weighted by Gasteiger charge is 2.11. The van der Waals surface area contributed by atoms with E-state index in [0.717, 1.165) is 0 Å². The summed E-state index contributed by atoms with van der Waals surface area (Å²) >= 11 is 5.68. The number of rotatable bonds is 3. The number of halogens is 1. The Kier molecular flexibility index (Phi) is 5.15. The number of carbonyl (C=O) groups excluding carboxylic acids is 1. The van der Waals surface area contributed by atoms with Gasteiger partial charge in [-0.25, -0.2) is 0 Å². The van der Waals surface area contributed by atoms with E-state index < -0.39 is 4.92 Å². The second-order valence-corrected chi connectivity index (χ2v) is 3.89. The molecule has 0 fully saturated rings. The smallest absolute Gasteiger partial charge is 0.286 e. The topological polar surface area (TPSA) is 72.2 Å². The predicted octanol–water partition coefficient (Wildman–Crippen LogP) is 2.13. The first-order valence-corrected chi connectivity index (χ1v) is 5.55. The lowest BCUT2D eigenvalue weighted by atomic mass is 10.2. The Morgan fingerprint density at radius 3 is 2.89 bits per heavy atom. The maximum atomic E-state index is 10.8. The number of nitrogens with one attached hydrogen (secondary N) is 1. The number of hydrogen-bond donors (Lipinski definition) is 1. The van der Waals surface area contributed by atoms with Crippen molar-refractivity contribution in [3.05, 3.63) is 38.9 Å². The van der Waals surface area contributed by atoms with Crippen LogP contribution in [0.5, 0.6) is 0 Å². The van der Waals surface area contributed by atoms with Crippen LogP contribution in [0.15, 0.2) is 18.2 Å². The first-order chi connectivity index (χ1) is 8.50. The average Bonchev–Trinajstić information content (AvgIpc) is 2.29. The fourth-order valence-electron chi connectivity index (χ4n) is 1.22. The Morgan fingerprint density at radius 1 is 1.56 bits per heavy atom. The van der Waals surface area contributed by atoms with Crippen molar-refractivity contribution >= 4 is 23.2 Å². The summed E-state index contributed by atoms with van der Waals surface area (Å²) in [4.78, 5) is 20.8. The average molecular weight is 267 g/mol. The highest BCUT2D eigenvalue weighted by Crippen LogP contribution is 2.22. The van der Waals surface area contributed by atoms with Gasteiger partial charge in [-0.1, -0.05) is 23.4 Å². The molecule has 6 heteroatoms. The van der Waals surface area contributed by atoms with Crippen LogP contribution in [-0.4, -0.2) is 17.4 Å². The van der Waals surface area contributed by atoms with Crippen molar-refractivity contribution in [1.29, 1.82) is 0 Å². The molecule has 0 spiro atoms. The third-order valence-corrected chi connectivity index (χ3v) is 2.24. The Hall–Kier alpha value is -2.06. The molecule has 0 aliphatic rings. The van der Waals surface area contributed by atoms with Crippen LogP contribution in [-0.2, 0) is 4.79 Å². The summed E-state index contributed by atoms with van der Waals surface area (Å²) < 4.78 is 0. The fraction of sp³-hybridized carbons (Fsp3) is 0.250. The van der Waals surface area contributed by atoms with Gasteiger partial charge in [0.05, 0.1) is 4.92 Å². The molecule has 18 heavy (non-hydrogen) atoms. The predicted molar refractivity (Wildman–Crippen MR) is 68.3 cm³/mol. The van der Waals surface area contributed by atoms with Crippen LogP contribution in [0.1, 0.15) is 18.9 Å². The largest absolute Gasteiger partial charge is 0.355 e. The van der Waals surface area contributed by atoms with Crippen LogP contribution < -0.4 is 5.32 Å². The zero-order valence-electron chi connectivity index (χ0n) is 9.70. The van der Waals surface area contributed by atoms with Crippen molar-refractivity contribution in [2.75, 3.05) is 6.54 Å². The molecule has 0 aliphatic heterocycles. The summed E-state index contributed by atoms with van der Waals surface area (Å²) in [6.45, 7) is 1.83. The van der Waals surface area contributed by atoms with Gasteiger partial charge in [0, 0.05) is 31.0 Å². The second-order valence-electron chi connectivity index (χ2n) is 3.45. The number of carbonyl (C=O) groups is 1. The molecule has 0 atom stereocenters. The standard InChI is InChI=1S/C12H11ClN2O3/c1-9(16)14-7-3-2-4-10-5-6-11(13)8-12(10)15(17)18/h5-6,8H,3,7H2,1H3,(H,14,16). The lowest BCUT2D eigenvalue weighted by molar-refractivity contribution is -0.385. The minimum absolute atomic E-state index is 0.116. The molecule has 1 aromatic carbocycles. The Bertz CT molecular complexity index is 532. The summed E-state index contributed by atoms with van der Waals surface area (Å²) in [5, 5.41) is 13.7. The zero-order valence-corrected chi connectivity index (χ0v) is 10.5. The molecule has 0 aliphatic carbocycles. The van der Waals surface area contributed by atoms with Gasteiger partial charge in [0.2, 0.25) is 5.91 Å². The maximum absolute atomic E-state index is 10.8. The molecule has 1 aromatic rings. The number of hydrogen-bond acceptors (Lipinski definition) is 3. The second kappa shape index (κ2) is 6.62. The van der Waals surface area contributed by atoms with Crippen molar-refractivity contribution in [2.45, 2.75) is 13.3 Å². The Labute approximate surface area is 109 Å². The third kappa shape index (κ3) is 4.44. The number of nitro benzene ring substituents is 1. The molecule has 0 heterocycles. The van der Waals surface area contributed by atoms with Gasteiger partial charge in [0.1, 0.15) is 5.56 Å². The summed E-state index contributed by atoms with van der Waals surface area (Å²) in [7, 11) is 0. The maximum Gasteiger partial charge on any atom is 0.286 e. The Balaban J connectivity index is 2.75. The van der Waals surface area contributed by atoms with Crippen LogP contribution in [0.4, 0.5) is 5.69 Å². The van der Waals surface area contributed by atoms with E-state index in [-0.39, 0.29) is 11.6 Å². The number of amides is 1. The minimum Gasteiger partial charge on any atom is -0.355 e. The SMILES string of the molecule is CC(=O)NCCC#Cc1ccc(Cl)cc1[N+](=O)[O-]. The third-order valence-electron chi connectivity index (χ3n) is 2.00. The van der Waals surface area contributed by atoms with E-state index in [4.69, 9.17) is 11.6 Å². The summed E-state index contributed by atoms with van der Waals surface area (Å²) in [5.74, 6) is 5.32.